The minimum absolute atomic E-state index is 0.122. The summed E-state index contributed by atoms with van der Waals surface area (Å²) in [5.41, 5.74) is 2.09. The fraction of sp³-hybridized carbons (Fsp3) is 0.524. The number of nitrogens with zero attached hydrogens (tertiary/aromatic N) is 4. The van der Waals surface area contributed by atoms with E-state index in [9.17, 15) is 4.79 Å². The Kier molecular flexibility index (Phi) is 6.45. The van der Waals surface area contributed by atoms with Crippen molar-refractivity contribution in [2.75, 3.05) is 26.7 Å². The minimum Gasteiger partial charge on any atom is -0.336 e. The highest BCUT2D eigenvalue weighted by Gasteiger charge is 2.28. The molecule has 0 spiro atoms. The van der Waals surface area contributed by atoms with Gasteiger partial charge in [-0.2, -0.15) is 5.10 Å². The van der Waals surface area contributed by atoms with Gasteiger partial charge >= 0.3 is 0 Å². The summed E-state index contributed by atoms with van der Waals surface area (Å²) in [7, 11) is 2.18. The van der Waals surface area contributed by atoms with E-state index < -0.39 is 0 Å². The number of piperidine rings is 1. The Morgan fingerprint density at radius 1 is 1.27 bits per heavy atom. The highest BCUT2D eigenvalue weighted by atomic mass is 16.2. The zero-order valence-electron chi connectivity index (χ0n) is 16.0. The lowest BCUT2D eigenvalue weighted by atomic mass is 10.0. The van der Waals surface area contributed by atoms with E-state index in [1.807, 2.05) is 15.6 Å². The molecule has 2 heterocycles. The van der Waals surface area contributed by atoms with Crippen molar-refractivity contribution in [2.45, 2.75) is 45.2 Å². The normalized spacial score (nSPS) is 17.7. The van der Waals surface area contributed by atoms with Gasteiger partial charge in [0.1, 0.15) is 5.69 Å². The van der Waals surface area contributed by atoms with Crippen LogP contribution in [0.15, 0.2) is 42.6 Å². The molecular weight excluding hydrogens is 324 g/mol. The molecule has 0 radical (unpaired) electrons. The largest absolute Gasteiger partial charge is 0.336 e. The molecule has 1 aromatic carbocycles. The van der Waals surface area contributed by atoms with Crippen LogP contribution in [0.5, 0.6) is 0 Å². The highest BCUT2D eigenvalue weighted by Crippen LogP contribution is 2.18. The van der Waals surface area contributed by atoms with Gasteiger partial charge in [0.05, 0.1) is 0 Å². The van der Waals surface area contributed by atoms with Gasteiger partial charge in [-0.3, -0.25) is 9.48 Å². The van der Waals surface area contributed by atoms with Crippen LogP contribution in [-0.2, 0) is 13.0 Å². The Morgan fingerprint density at radius 3 is 2.85 bits per heavy atom. The molecule has 0 saturated carbocycles. The number of aromatic nitrogens is 2. The molecule has 2 aromatic rings. The second-order valence-corrected chi connectivity index (χ2v) is 7.20. The van der Waals surface area contributed by atoms with E-state index in [-0.39, 0.29) is 5.91 Å². The summed E-state index contributed by atoms with van der Waals surface area (Å²) in [5, 5.41) is 4.30. The molecule has 5 heteroatoms. The average molecular weight is 354 g/mol. The molecule has 1 aromatic heterocycles. The molecule has 5 nitrogen and oxygen atoms in total. The Balaban J connectivity index is 1.57. The maximum Gasteiger partial charge on any atom is 0.272 e. The van der Waals surface area contributed by atoms with Gasteiger partial charge in [0.15, 0.2) is 0 Å². The molecule has 0 aliphatic carbocycles. The zero-order chi connectivity index (χ0) is 18.4. The number of benzene rings is 1. The number of aryl methyl sites for hydroxylation is 1. The monoisotopic (exact) mass is 354 g/mol. The number of hydrogen-bond donors (Lipinski definition) is 0. The lowest BCUT2D eigenvalue weighted by Gasteiger charge is -2.37. The van der Waals surface area contributed by atoms with Crippen molar-refractivity contribution in [3.63, 3.8) is 0 Å². The summed E-state index contributed by atoms with van der Waals surface area (Å²) in [6.45, 7) is 5.57. The standard InChI is InChI=1S/C21H30N4O/c1-3-14-25-20(11-13-22-25)21(26)24-15-7-10-19(17-24)23(2)16-12-18-8-5-4-6-9-18/h4-6,8-9,11,13,19H,3,7,10,12,14-17H2,1-2H3/t19-/m1/s1. The van der Waals surface area contributed by atoms with Gasteiger partial charge in [0.2, 0.25) is 0 Å². The van der Waals surface area contributed by atoms with Gasteiger partial charge < -0.3 is 9.80 Å². The zero-order valence-corrected chi connectivity index (χ0v) is 16.0. The molecule has 0 unspecified atom stereocenters. The van der Waals surface area contributed by atoms with Gasteiger partial charge in [-0.05, 0) is 44.4 Å². The summed E-state index contributed by atoms with van der Waals surface area (Å²) in [5.74, 6) is 0.122. The third-order valence-electron chi connectivity index (χ3n) is 5.27. The number of carbonyl (C=O) groups excluding carboxylic acids is 1. The quantitative estimate of drug-likeness (QED) is 0.767. The molecule has 1 fully saturated rings. The predicted octanol–water partition coefficient (Wildman–Crippen LogP) is 3.07. The lowest BCUT2D eigenvalue weighted by Crippen LogP contribution is -2.49. The number of carbonyl (C=O) groups is 1. The van der Waals surface area contributed by atoms with Crippen molar-refractivity contribution < 1.29 is 4.79 Å². The third-order valence-corrected chi connectivity index (χ3v) is 5.27. The van der Waals surface area contributed by atoms with Crippen molar-refractivity contribution in [3.05, 3.63) is 53.9 Å². The molecule has 1 saturated heterocycles. The smallest absolute Gasteiger partial charge is 0.272 e. The second kappa shape index (κ2) is 8.99. The fourth-order valence-corrected chi connectivity index (χ4v) is 3.70. The van der Waals surface area contributed by atoms with Crippen LogP contribution in [0.3, 0.4) is 0 Å². The highest BCUT2D eigenvalue weighted by molar-refractivity contribution is 5.92. The van der Waals surface area contributed by atoms with Gasteiger partial charge in [0.25, 0.3) is 5.91 Å². The van der Waals surface area contributed by atoms with Crippen molar-refractivity contribution in [2.24, 2.45) is 0 Å². The topological polar surface area (TPSA) is 41.4 Å². The summed E-state index contributed by atoms with van der Waals surface area (Å²) in [4.78, 5) is 17.4. The van der Waals surface area contributed by atoms with Gasteiger partial charge in [-0.1, -0.05) is 37.3 Å². The first-order valence-electron chi connectivity index (χ1n) is 9.74. The Bertz CT molecular complexity index is 697. The maximum absolute atomic E-state index is 13.0. The van der Waals surface area contributed by atoms with Crippen LogP contribution in [0.2, 0.25) is 0 Å². The lowest BCUT2D eigenvalue weighted by molar-refractivity contribution is 0.0599. The van der Waals surface area contributed by atoms with Crippen LogP contribution in [0.4, 0.5) is 0 Å². The van der Waals surface area contributed by atoms with Crippen molar-refractivity contribution >= 4 is 5.91 Å². The van der Waals surface area contributed by atoms with Crippen LogP contribution in [0.25, 0.3) is 0 Å². The number of rotatable bonds is 7. The Morgan fingerprint density at radius 2 is 2.08 bits per heavy atom. The molecule has 3 rings (SSSR count). The molecule has 26 heavy (non-hydrogen) atoms. The van der Waals surface area contributed by atoms with Gasteiger partial charge in [-0.25, -0.2) is 0 Å². The molecule has 1 aliphatic rings. The summed E-state index contributed by atoms with van der Waals surface area (Å²) in [6, 6.07) is 12.9. The second-order valence-electron chi connectivity index (χ2n) is 7.20. The van der Waals surface area contributed by atoms with E-state index in [0.717, 1.165) is 57.6 Å². The first-order chi connectivity index (χ1) is 12.7. The van der Waals surface area contributed by atoms with Crippen LogP contribution in [-0.4, -0.2) is 58.2 Å². The molecule has 1 amide bonds. The first-order valence-corrected chi connectivity index (χ1v) is 9.74. The summed E-state index contributed by atoms with van der Waals surface area (Å²) >= 11 is 0. The van der Waals surface area contributed by atoms with Crippen LogP contribution >= 0.6 is 0 Å². The molecule has 0 bridgehead atoms. The molecular formula is C21H30N4O. The van der Waals surface area contributed by atoms with E-state index >= 15 is 0 Å². The maximum atomic E-state index is 13.0. The van der Waals surface area contributed by atoms with Crippen LogP contribution in [0, 0.1) is 0 Å². The summed E-state index contributed by atoms with van der Waals surface area (Å²) in [6.07, 6.45) is 5.98. The van der Waals surface area contributed by atoms with E-state index in [0.29, 0.717) is 6.04 Å². The fourth-order valence-electron chi connectivity index (χ4n) is 3.70. The predicted molar refractivity (Wildman–Crippen MR) is 104 cm³/mol. The number of amides is 1. The van der Waals surface area contributed by atoms with Crippen molar-refractivity contribution in [3.8, 4) is 0 Å². The first kappa shape index (κ1) is 18.6. The van der Waals surface area contributed by atoms with E-state index in [2.05, 4.69) is 54.3 Å². The molecule has 1 atom stereocenters. The molecule has 0 N–H and O–H groups in total. The molecule has 140 valence electrons. The van der Waals surface area contributed by atoms with Gasteiger partial charge in [-0.15, -0.1) is 0 Å². The SMILES string of the molecule is CCCn1nccc1C(=O)N1CCC[C@@H](N(C)CCc2ccccc2)C1. The number of hydrogen-bond acceptors (Lipinski definition) is 3. The van der Waals surface area contributed by atoms with Crippen LogP contribution < -0.4 is 0 Å². The Labute approximate surface area is 156 Å². The van der Waals surface area contributed by atoms with Gasteiger partial charge in [0, 0.05) is 38.4 Å². The summed E-state index contributed by atoms with van der Waals surface area (Å²) < 4.78 is 1.84. The molecule has 1 aliphatic heterocycles. The van der Waals surface area contributed by atoms with E-state index in [1.54, 1.807) is 6.20 Å². The van der Waals surface area contributed by atoms with E-state index in [4.69, 9.17) is 0 Å². The third kappa shape index (κ3) is 4.52. The van der Waals surface area contributed by atoms with E-state index in [1.165, 1.54) is 5.56 Å². The van der Waals surface area contributed by atoms with Crippen molar-refractivity contribution in [1.29, 1.82) is 0 Å². The minimum atomic E-state index is 0.122. The average Bonchev–Trinajstić information content (AvgIpc) is 3.15. The van der Waals surface area contributed by atoms with Crippen molar-refractivity contribution in [1.82, 2.24) is 19.6 Å². The number of likely N-dealkylation sites (N-methyl/N-ethyl adjacent to an activating group) is 1. The Hall–Kier alpha value is -2.14. The van der Waals surface area contributed by atoms with Crippen LogP contribution in [0.1, 0.15) is 42.2 Å². The number of likely N-dealkylation sites (tertiary alicyclic amines) is 1.